The van der Waals surface area contributed by atoms with Crippen LogP contribution < -0.4 is 49.5 Å². The first-order chi connectivity index (χ1) is 26.7. The van der Waals surface area contributed by atoms with Crippen LogP contribution >= 0.6 is 0 Å². The first kappa shape index (κ1) is 49.9. The van der Waals surface area contributed by atoms with E-state index in [-0.39, 0.29) is 51.3 Å². The number of carboxylic acid groups (broad SMARTS) is 1. The molecule has 0 aromatic heterocycles. The van der Waals surface area contributed by atoms with E-state index in [2.05, 4.69) is 31.6 Å². The number of aliphatic hydroxyl groups excluding tert-OH is 3. The van der Waals surface area contributed by atoms with Gasteiger partial charge in [-0.3, -0.25) is 43.3 Å². The monoisotopic (exact) mass is 815 g/mol. The Morgan fingerprint density at radius 2 is 1.30 bits per heavy atom. The van der Waals surface area contributed by atoms with Crippen molar-refractivity contribution in [3.8, 4) is 0 Å². The summed E-state index contributed by atoms with van der Waals surface area (Å²) >= 11 is 0. The van der Waals surface area contributed by atoms with E-state index >= 15 is 0 Å². The summed E-state index contributed by atoms with van der Waals surface area (Å²) in [7, 11) is 0. The van der Waals surface area contributed by atoms with Crippen molar-refractivity contribution < 1.29 is 58.8 Å². The Balaban J connectivity index is 3.27. The van der Waals surface area contributed by atoms with Crippen LogP contribution in [0.2, 0.25) is 0 Å². The second-order valence-corrected chi connectivity index (χ2v) is 14.0. The molecule has 17 N–H and O–H groups in total. The molecule has 1 heterocycles. The van der Waals surface area contributed by atoms with Crippen molar-refractivity contribution in [2.75, 3.05) is 26.2 Å². The molecule has 1 rings (SSSR count). The van der Waals surface area contributed by atoms with Gasteiger partial charge in [0.15, 0.2) is 5.96 Å². The Bertz CT molecular complexity index is 1430. The molecule has 9 atom stereocenters. The predicted octanol–water partition coefficient (Wildman–Crippen LogP) is -5.68. The zero-order chi connectivity index (χ0) is 43.4. The lowest BCUT2D eigenvalue weighted by atomic mass is 10.0. The summed E-state index contributed by atoms with van der Waals surface area (Å²) in [6, 6.07) is -8.47. The molecular formula is C34H61N11O12. The number of likely N-dealkylation sites (tertiary alicyclic amines) is 1. The van der Waals surface area contributed by atoms with Crippen LogP contribution in [0.4, 0.5) is 0 Å². The Kier molecular flexibility index (Phi) is 22.0. The van der Waals surface area contributed by atoms with Crippen LogP contribution in [-0.2, 0) is 38.4 Å². The van der Waals surface area contributed by atoms with Gasteiger partial charge in [-0.25, -0.2) is 0 Å². The van der Waals surface area contributed by atoms with Gasteiger partial charge in [0.05, 0.1) is 24.7 Å². The van der Waals surface area contributed by atoms with E-state index in [1.54, 1.807) is 0 Å². The zero-order valence-electron chi connectivity index (χ0n) is 32.6. The summed E-state index contributed by atoms with van der Waals surface area (Å²) in [5.74, 6) is -8.50. The third-order valence-corrected chi connectivity index (χ3v) is 9.13. The number of guanidine groups is 1. The fraction of sp³-hybridized carbons (Fsp3) is 0.735. The van der Waals surface area contributed by atoms with Crippen LogP contribution in [0, 0.1) is 5.92 Å². The van der Waals surface area contributed by atoms with E-state index in [1.165, 1.54) is 25.7 Å². The van der Waals surface area contributed by atoms with Crippen molar-refractivity contribution in [3.63, 3.8) is 0 Å². The van der Waals surface area contributed by atoms with Gasteiger partial charge >= 0.3 is 5.97 Å². The second-order valence-electron chi connectivity index (χ2n) is 14.0. The molecule has 1 aliphatic heterocycles. The number of nitrogens with two attached hydrogens (primary N) is 4. The summed E-state index contributed by atoms with van der Waals surface area (Å²) in [6.07, 6.45) is -2.48. The Labute approximate surface area is 330 Å². The SMILES string of the molecule is C[C@H](O)C(NC(=O)[C@H](CCCCN)NC(=O)C(CCC(=O)O)NC(=O)C(NC(=O)C1CCCN1C(=O)[C@@H](CCCN=C(N)N)NC(=O)[C@@H](C)CO)[C@@H](C)O)C(N)=O. The summed E-state index contributed by atoms with van der Waals surface area (Å²) in [5, 5.41) is 51.3. The van der Waals surface area contributed by atoms with Crippen molar-refractivity contribution in [1.29, 1.82) is 0 Å². The largest absolute Gasteiger partial charge is 0.481 e. The van der Waals surface area contributed by atoms with Gasteiger partial charge in [-0.2, -0.15) is 0 Å². The van der Waals surface area contributed by atoms with Crippen LogP contribution in [0.25, 0.3) is 0 Å². The third-order valence-electron chi connectivity index (χ3n) is 9.13. The molecule has 4 unspecified atom stereocenters. The molecule has 0 radical (unpaired) electrons. The number of aliphatic hydroxyl groups is 3. The molecule has 324 valence electrons. The smallest absolute Gasteiger partial charge is 0.303 e. The summed E-state index contributed by atoms with van der Waals surface area (Å²) < 4.78 is 0. The number of carboxylic acids is 1. The highest BCUT2D eigenvalue weighted by Crippen LogP contribution is 2.21. The van der Waals surface area contributed by atoms with Crippen LogP contribution in [0.3, 0.4) is 0 Å². The third kappa shape index (κ3) is 17.3. The molecule has 0 aromatic carbocycles. The van der Waals surface area contributed by atoms with Gasteiger partial charge in [-0.05, 0) is 71.8 Å². The highest BCUT2D eigenvalue weighted by Gasteiger charge is 2.40. The minimum atomic E-state index is -1.72. The van der Waals surface area contributed by atoms with E-state index in [1.807, 2.05) is 0 Å². The molecule has 1 saturated heterocycles. The molecule has 23 heteroatoms. The second kappa shape index (κ2) is 25.2. The van der Waals surface area contributed by atoms with Gasteiger partial charge in [0.2, 0.25) is 41.4 Å². The van der Waals surface area contributed by atoms with Gasteiger partial charge in [0.1, 0.15) is 36.3 Å². The van der Waals surface area contributed by atoms with E-state index in [0.717, 1.165) is 0 Å². The van der Waals surface area contributed by atoms with Crippen molar-refractivity contribution in [1.82, 2.24) is 31.5 Å². The van der Waals surface area contributed by atoms with Gasteiger partial charge in [0, 0.05) is 19.5 Å². The normalized spacial score (nSPS) is 17.9. The fourth-order valence-electron chi connectivity index (χ4n) is 5.83. The van der Waals surface area contributed by atoms with Gasteiger partial charge in [-0.1, -0.05) is 6.92 Å². The van der Waals surface area contributed by atoms with Gasteiger partial charge in [0.25, 0.3) is 0 Å². The number of primary amides is 1. The first-order valence-corrected chi connectivity index (χ1v) is 18.8. The molecule has 23 nitrogen and oxygen atoms in total. The lowest BCUT2D eigenvalue weighted by Gasteiger charge is -2.31. The number of aliphatic imine (C=N–C) groups is 1. The standard InChI is InChI=1S/C34H61N11O12/c1-17(16-46)28(52)42-22(9-6-14-39-34(37)38)33(57)45-15-7-10-23(45)31(55)44-26(19(3)48)32(56)41-21(11-12-24(49)50)29(53)40-20(8-4-5-13-35)30(54)43-25(18(2)47)27(36)51/h17-23,25-26,46-48H,4-16,35H2,1-3H3,(H2,36,51)(H,40,53)(H,41,56)(H,42,52)(H,43,54)(H,44,55)(H,49,50)(H4,37,38,39)/t17-,18-,19+,20-,21?,22+,23?,25?,26?/m0/s1. The lowest BCUT2D eigenvalue weighted by Crippen LogP contribution is -2.61. The van der Waals surface area contributed by atoms with E-state index < -0.39 is 121 Å². The molecule has 7 amide bonds. The number of aliphatic carboxylic acids is 1. The number of nitrogens with one attached hydrogen (secondary N) is 5. The van der Waals surface area contributed by atoms with Crippen LogP contribution in [0.5, 0.6) is 0 Å². The van der Waals surface area contributed by atoms with Crippen molar-refractivity contribution >= 4 is 53.3 Å². The minimum Gasteiger partial charge on any atom is -0.481 e. The Morgan fingerprint density at radius 1 is 0.737 bits per heavy atom. The summed E-state index contributed by atoms with van der Waals surface area (Å²) in [4.78, 5) is 109. The number of carbonyl (C=O) groups is 8. The molecule has 1 fully saturated rings. The molecule has 1 aliphatic rings. The van der Waals surface area contributed by atoms with Crippen LogP contribution in [0.1, 0.15) is 78.6 Å². The Hall–Kier alpha value is -5.13. The quantitative estimate of drug-likeness (QED) is 0.0220. The maximum atomic E-state index is 13.8. The summed E-state index contributed by atoms with van der Waals surface area (Å²) in [5.41, 5.74) is 21.6. The number of rotatable bonds is 26. The number of nitrogens with zero attached hydrogens (tertiary/aromatic N) is 2. The molecule has 0 aromatic rings. The minimum absolute atomic E-state index is 0.0100. The number of hydrogen-bond acceptors (Lipinski definition) is 13. The molecular weight excluding hydrogens is 754 g/mol. The average molecular weight is 816 g/mol. The fourth-order valence-corrected chi connectivity index (χ4v) is 5.83. The maximum absolute atomic E-state index is 13.8. The molecule has 0 spiro atoms. The average Bonchev–Trinajstić information content (AvgIpc) is 3.64. The molecule has 57 heavy (non-hydrogen) atoms. The van der Waals surface area contributed by atoms with E-state index in [9.17, 15) is 58.8 Å². The van der Waals surface area contributed by atoms with Gasteiger partial charge in [-0.15, -0.1) is 0 Å². The lowest BCUT2D eigenvalue weighted by molar-refractivity contribution is -0.143. The van der Waals surface area contributed by atoms with Gasteiger partial charge < -0.3 is 74.8 Å². The highest BCUT2D eigenvalue weighted by atomic mass is 16.4. The first-order valence-electron chi connectivity index (χ1n) is 18.8. The van der Waals surface area contributed by atoms with Crippen LogP contribution in [0.15, 0.2) is 4.99 Å². The maximum Gasteiger partial charge on any atom is 0.303 e. The molecule has 0 aliphatic carbocycles. The van der Waals surface area contributed by atoms with Crippen LogP contribution in [-0.4, -0.2) is 153 Å². The summed E-state index contributed by atoms with van der Waals surface area (Å²) in [6.45, 7) is 3.85. The zero-order valence-corrected chi connectivity index (χ0v) is 32.6. The van der Waals surface area contributed by atoms with Crippen molar-refractivity contribution in [3.05, 3.63) is 0 Å². The van der Waals surface area contributed by atoms with Crippen molar-refractivity contribution in [2.24, 2.45) is 33.8 Å². The topological polar surface area (TPSA) is 397 Å². The predicted molar refractivity (Wildman–Crippen MR) is 203 cm³/mol. The number of hydrogen-bond donors (Lipinski definition) is 13. The molecule has 0 saturated carbocycles. The number of amides is 7. The molecule has 0 bridgehead atoms. The van der Waals surface area contributed by atoms with Crippen molar-refractivity contribution in [2.45, 2.75) is 127 Å². The highest BCUT2D eigenvalue weighted by molar-refractivity contribution is 5.97. The Morgan fingerprint density at radius 3 is 1.84 bits per heavy atom. The number of unbranched alkanes of at least 4 members (excludes halogenated alkanes) is 1. The number of carbonyl (C=O) groups excluding carboxylic acids is 7. The van der Waals surface area contributed by atoms with E-state index in [4.69, 9.17) is 22.9 Å². The van der Waals surface area contributed by atoms with E-state index in [0.29, 0.717) is 19.3 Å².